The largest absolute Gasteiger partial charge is 0.457 e. The van der Waals surface area contributed by atoms with Gasteiger partial charge in [-0.15, -0.1) is 0 Å². The van der Waals surface area contributed by atoms with E-state index in [4.69, 9.17) is 23.7 Å². The minimum Gasteiger partial charge on any atom is -0.457 e. The zero-order chi connectivity index (χ0) is 24.3. The van der Waals surface area contributed by atoms with Gasteiger partial charge in [0.15, 0.2) is 12.6 Å². The van der Waals surface area contributed by atoms with Gasteiger partial charge >= 0.3 is 0 Å². The third-order valence-corrected chi connectivity index (χ3v) is 9.06. The van der Waals surface area contributed by atoms with Crippen molar-refractivity contribution < 1.29 is 23.7 Å². The predicted octanol–water partition coefficient (Wildman–Crippen LogP) is 7.08. The summed E-state index contributed by atoms with van der Waals surface area (Å²) >= 11 is 0. The van der Waals surface area contributed by atoms with Gasteiger partial charge in [0.1, 0.15) is 11.5 Å². The van der Waals surface area contributed by atoms with Gasteiger partial charge in [-0.05, 0) is 86.4 Å². The molecule has 4 aliphatic rings. The minimum absolute atomic E-state index is 0.00295. The number of rotatable bonds is 2. The van der Waals surface area contributed by atoms with Crippen molar-refractivity contribution in [3.63, 3.8) is 0 Å². The molecular weight excluding hydrogens is 428 g/mol. The first kappa shape index (κ1) is 22.5. The van der Waals surface area contributed by atoms with Crippen LogP contribution < -0.4 is 4.74 Å². The highest BCUT2D eigenvalue weighted by Crippen LogP contribution is 2.62. The highest BCUT2D eigenvalue weighted by Gasteiger charge is 2.54. The van der Waals surface area contributed by atoms with Crippen LogP contribution in [0.1, 0.15) is 103 Å². The molecule has 0 N–H and O–H groups in total. The molecule has 1 spiro atoms. The Morgan fingerprint density at radius 3 is 1.53 bits per heavy atom. The summed E-state index contributed by atoms with van der Waals surface area (Å²) in [5.74, 6) is 1.82. The Kier molecular flexibility index (Phi) is 4.40. The smallest absolute Gasteiger partial charge is 0.185 e. The molecule has 3 aliphatic heterocycles. The molecule has 0 aromatic heterocycles. The number of hydrogen-bond donors (Lipinski definition) is 0. The molecule has 182 valence electrons. The van der Waals surface area contributed by atoms with Crippen molar-refractivity contribution in [1.82, 2.24) is 0 Å². The molecule has 0 amide bonds. The fraction of sp³-hybridized carbons (Fsp3) is 0.586. The van der Waals surface area contributed by atoms with E-state index < -0.39 is 6.29 Å². The van der Waals surface area contributed by atoms with Crippen molar-refractivity contribution in [3.8, 4) is 11.5 Å². The quantitative estimate of drug-likeness (QED) is 0.475. The molecule has 0 radical (unpaired) electrons. The van der Waals surface area contributed by atoms with Gasteiger partial charge in [0.25, 0.3) is 0 Å². The average molecular weight is 465 g/mol. The first-order valence-electron chi connectivity index (χ1n) is 12.4. The summed E-state index contributed by atoms with van der Waals surface area (Å²) in [5.41, 5.74) is 3.04. The summed E-state index contributed by atoms with van der Waals surface area (Å²) in [7, 11) is 0. The van der Waals surface area contributed by atoms with E-state index in [1.165, 1.54) is 11.1 Å². The van der Waals surface area contributed by atoms with Crippen molar-refractivity contribution in [2.24, 2.45) is 0 Å². The van der Waals surface area contributed by atoms with Gasteiger partial charge in [-0.25, -0.2) is 0 Å². The summed E-state index contributed by atoms with van der Waals surface area (Å²) < 4.78 is 31.7. The summed E-state index contributed by atoms with van der Waals surface area (Å²) in [4.78, 5) is 0. The van der Waals surface area contributed by atoms with Gasteiger partial charge in [-0.3, -0.25) is 0 Å². The van der Waals surface area contributed by atoms with Crippen LogP contribution in [0, 0.1) is 0 Å². The fourth-order valence-corrected chi connectivity index (χ4v) is 5.21. The number of hydrogen-bond acceptors (Lipinski definition) is 5. The minimum atomic E-state index is -0.402. The van der Waals surface area contributed by atoms with Crippen LogP contribution in [-0.4, -0.2) is 22.4 Å². The second-order valence-electron chi connectivity index (χ2n) is 12.4. The van der Waals surface area contributed by atoms with Crippen LogP contribution in [0.25, 0.3) is 0 Å². The molecule has 2 saturated heterocycles. The third-order valence-electron chi connectivity index (χ3n) is 9.06. The van der Waals surface area contributed by atoms with E-state index in [1.54, 1.807) is 0 Å². The first-order valence-corrected chi connectivity index (χ1v) is 12.4. The highest BCUT2D eigenvalue weighted by molar-refractivity contribution is 5.62. The molecule has 1 aliphatic carbocycles. The molecule has 5 heteroatoms. The van der Waals surface area contributed by atoms with E-state index in [0.29, 0.717) is 0 Å². The van der Waals surface area contributed by atoms with Gasteiger partial charge < -0.3 is 23.7 Å². The van der Waals surface area contributed by atoms with Crippen LogP contribution in [0.2, 0.25) is 0 Å². The normalized spacial score (nSPS) is 27.3. The third kappa shape index (κ3) is 3.07. The first-order chi connectivity index (χ1) is 15.7. The highest BCUT2D eigenvalue weighted by atomic mass is 16.8. The van der Waals surface area contributed by atoms with Crippen molar-refractivity contribution in [1.29, 1.82) is 0 Å². The predicted molar refractivity (Wildman–Crippen MR) is 129 cm³/mol. The van der Waals surface area contributed by atoms with Crippen LogP contribution in [0.4, 0.5) is 0 Å². The topological polar surface area (TPSA) is 46.2 Å². The van der Waals surface area contributed by atoms with E-state index in [9.17, 15) is 0 Å². The molecule has 34 heavy (non-hydrogen) atoms. The zero-order valence-corrected chi connectivity index (χ0v) is 21.6. The number of ether oxygens (including phenoxy) is 5. The summed E-state index contributed by atoms with van der Waals surface area (Å²) in [6.45, 7) is 16.7. The van der Waals surface area contributed by atoms with Gasteiger partial charge in [-0.2, -0.15) is 0 Å². The lowest BCUT2D eigenvalue weighted by Gasteiger charge is -2.30. The SMILES string of the molecule is CC1(C)OC(c2ccc3c(c2)Oc2ccc(C4OC(C)(C)C(C)(C)O4)cc2C32CC2)OC1(C)C. The van der Waals surface area contributed by atoms with Gasteiger partial charge in [0.05, 0.1) is 22.4 Å². The lowest BCUT2D eigenvalue weighted by Crippen LogP contribution is -2.41. The molecule has 0 bridgehead atoms. The van der Waals surface area contributed by atoms with Crippen LogP contribution in [0.15, 0.2) is 36.4 Å². The molecule has 2 aromatic rings. The van der Waals surface area contributed by atoms with Gasteiger partial charge in [0, 0.05) is 27.7 Å². The zero-order valence-electron chi connectivity index (χ0n) is 21.6. The van der Waals surface area contributed by atoms with Gasteiger partial charge in [-0.1, -0.05) is 18.2 Å². The lowest BCUT2D eigenvalue weighted by molar-refractivity contribution is -0.0901. The van der Waals surface area contributed by atoms with E-state index in [2.05, 4.69) is 91.8 Å². The number of benzene rings is 2. The van der Waals surface area contributed by atoms with Crippen LogP contribution in [0.3, 0.4) is 0 Å². The Labute approximate surface area is 202 Å². The van der Waals surface area contributed by atoms with Crippen molar-refractivity contribution in [3.05, 3.63) is 58.7 Å². The maximum Gasteiger partial charge on any atom is 0.185 e. The molecule has 1 saturated carbocycles. The van der Waals surface area contributed by atoms with E-state index in [-0.39, 0.29) is 34.1 Å². The Hall–Kier alpha value is -1.92. The van der Waals surface area contributed by atoms with Crippen LogP contribution in [-0.2, 0) is 24.4 Å². The number of fused-ring (bicyclic) bond motifs is 4. The maximum atomic E-state index is 6.46. The Bertz CT molecular complexity index is 1140. The monoisotopic (exact) mass is 464 g/mol. The Morgan fingerprint density at radius 1 is 0.559 bits per heavy atom. The Morgan fingerprint density at radius 2 is 1.03 bits per heavy atom. The molecule has 0 atom stereocenters. The molecule has 3 fully saturated rings. The summed E-state index contributed by atoms with van der Waals surface area (Å²) in [6.07, 6.45) is 1.44. The molecule has 5 nitrogen and oxygen atoms in total. The second kappa shape index (κ2) is 6.64. The standard InChI is InChI=1S/C29H36O5/c1-25(2)26(3,4)32-23(31-25)17-10-12-21-20(15-17)29(13-14-29)19-11-9-18(16-22(19)30-21)24-33-27(5,6)28(7,8)34-24/h9-12,15-16,23-24H,13-14H2,1-8H3. The molecule has 2 aromatic carbocycles. The maximum absolute atomic E-state index is 6.46. The summed E-state index contributed by atoms with van der Waals surface area (Å²) in [5, 5.41) is 0. The van der Waals surface area contributed by atoms with E-state index >= 15 is 0 Å². The fourth-order valence-electron chi connectivity index (χ4n) is 5.21. The van der Waals surface area contributed by atoms with E-state index in [0.717, 1.165) is 35.5 Å². The van der Waals surface area contributed by atoms with Crippen molar-refractivity contribution in [2.45, 2.75) is 109 Å². The van der Waals surface area contributed by atoms with Crippen LogP contribution in [0.5, 0.6) is 11.5 Å². The molecule has 0 unspecified atom stereocenters. The molecule has 6 rings (SSSR count). The van der Waals surface area contributed by atoms with Crippen molar-refractivity contribution >= 4 is 0 Å². The average Bonchev–Trinajstić information content (AvgIpc) is 3.43. The molecular formula is C29H36O5. The van der Waals surface area contributed by atoms with Gasteiger partial charge in [0.2, 0.25) is 0 Å². The van der Waals surface area contributed by atoms with Crippen LogP contribution >= 0.6 is 0 Å². The summed E-state index contributed by atoms with van der Waals surface area (Å²) in [6, 6.07) is 12.8. The molecule has 3 heterocycles. The van der Waals surface area contributed by atoms with Crippen molar-refractivity contribution in [2.75, 3.05) is 0 Å². The Balaban J connectivity index is 1.33. The second-order valence-corrected chi connectivity index (χ2v) is 12.4. The lowest BCUT2D eigenvalue weighted by atomic mass is 9.83. The van der Waals surface area contributed by atoms with E-state index in [1.807, 2.05) is 0 Å².